The molecule has 0 spiro atoms. The SMILES string of the molecule is CC(C)(CNC(=O)c1cn(COCC[Si](C)(C)C)c2ncc(C(F)(F)F)nc12)COCOCC[Si](C)(C)C. The molecule has 1 N–H and O–H groups in total. The molecule has 2 aromatic heterocycles. The summed E-state index contributed by atoms with van der Waals surface area (Å²) in [5.74, 6) is -0.538. The number of amides is 1. The summed E-state index contributed by atoms with van der Waals surface area (Å²) in [6.07, 6.45) is -2.55. The van der Waals surface area contributed by atoms with Crippen molar-refractivity contribution in [1.29, 1.82) is 0 Å². The van der Waals surface area contributed by atoms with Crippen molar-refractivity contribution in [3.63, 3.8) is 0 Å². The molecule has 0 bridgehead atoms. The molecule has 0 unspecified atom stereocenters. The zero-order chi connectivity index (χ0) is 28.8. The van der Waals surface area contributed by atoms with Crippen molar-refractivity contribution < 1.29 is 32.2 Å². The Kier molecular flexibility index (Phi) is 11.1. The molecule has 8 nitrogen and oxygen atoms in total. The van der Waals surface area contributed by atoms with Crippen LogP contribution >= 0.6 is 0 Å². The van der Waals surface area contributed by atoms with Gasteiger partial charge in [0, 0.05) is 47.5 Å². The molecule has 13 heteroatoms. The standard InChI is InChI=1S/C25H43F3N4O4Si2/c1-24(2,16-36-18-35-10-12-38(6,7)8)15-30-23(33)19-14-32(17-34-9-11-37(3,4)5)22-21(19)31-20(13-29-22)25(26,27)28/h13-14H,9-12,15-18H2,1-8H3,(H,30,33). The van der Waals surface area contributed by atoms with E-state index < -0.39 is 39.3 Å². The van der Waals surface area contributed by atoms with Gasteiger partial charge in [-0.25, -0.2) is 9.97 Å². The Balaban J connectivity index is 2.06. The highest BCUT2D eigenvalue weighted by Crippen LogP contribution is 2.29. The molecule has 0 aromatic carbocycles. The molecular weight excluding hydrogens is 533 g/mol. The summed E-state index contributed by atoms with van der Waals surface area (Å²) in [5.41, 5.74) is -1.53. The Hall–Kier alpha value is -1.81. The number of fused-ring (bicyclic) bond motifs is 1. The van der Waals surface area contributed by atoms with E-state index in [4.69, 9.17) is 14.2 Å². The van der Waals surface area contributed by atoms with Gasteiger partial charge in [-0.05, 0) is 12.1 Å². The predicted molar refractivity (Wildman–Crippen MR) is 148 cm³/mol. The first-order valence-electron chi connectivity index (χ1n) is 12.8. The minimum Gasteiger partial charge on any atom is -0.361 e. The fourth-order valence-corrected chi connectivity index (χ4v) is 4.79. The molecule has 0 fully saturated rings. The second-order valence-corrected chi connectivity index (χ2v) is 24.1. The third kappa shape index (κ3) is 11.1. The number of rotatable bonds is 15. The van der Waals surface area contributed by atoms with Gasteiger partial charge in [-0.3, -0.25) is 4.79 Å². The van der Waals surface area contributed by atoms with E-state index in [1.807, 2.05) is 13.8 Å². The Labute approximate surface area is 225 Å². The van der Waals surface area contributed by atoms with E-state index in [1.54, 1.807) is 0 Å². The van der Waals surface area contributed by atoms with E-state index in [2.05, 4.69) is 54.6 Å². The van der Waals surface area contributed by atoms with Crippen LogP contribution in [0.25, 0.3) is 11.2 Å². The van der Waals surface area contributed by atoms with Gasteiger partial charge in [0.2, 0.25) is 0 Å². The molecule has 2 heterocycles. The van der Waals surface area contributed by atoms with E-state index in [1.165, 1.54) is 10.8 Å². The predicted octanol–water partition coefficient (Wildman–Crippen LogP) is 5.85. The molecule has 0 saturated carbocycles. The van der Waals surface area contributed by atoms with Crippen molar-refractivity contribution in [1.82, 2.24) is 19.9 Å². The van der Waals surface area contributed by atoms with Crippen LogP contribution in [0.1, 0.15) is 29.9 Å². The number of alkyl halides is 3. The van der Waals surface area contributed by atoms with E-state index >= 15 is 0 Å². The van der Waals surface area contributed by atoms with Crippen LogP contribution in [-0.4, -0.2) is 69.7 Å². The lowest BCUT2D eigenvalue weighted by Crippen LogP contribution is -2.37. The maximum atomic E-state index is 13.3. The Morgan fingerprint density at radius 3 is 2.18 bits per heavy atom. The maximum absolute atomic E-state index is 13.3. The number of carbonyl (C=O) groups is 1. The van der Waals surface area contributed by atoms with Crippen LogP contribution in [-0.2, 0) is 27.1 Å². The average Bonchev–Trinajstić information content (AvgIpc) is 3.13. The summed E-state index contributed by atoms with van der Waals surface area (Å²) < 4.78 is 58.4. The molecule has 2 rings (SSSR count). The summed E-state index contributed by atoms with van der Waals surface area (Å²) >= 11 is 0. The summed E-state index contributed by atoms with van der Waals surface area (Å²) in [4.78, 5) is 20.8. The van der Waals surface area contributed by atoms with E-state index in [0.29, 0.717) is 26.0 Å². The van der Waals surface area contributed by atoms with Crippen molar-refractivity contribution >= 4 is 33.2 Å². The van der Waals surface area contributed by atoms with Crippen molar-refractivity contribution in [2.75, 3.05) is 33.2 Å². The Bertz CT molecular complexity index is 1060. The zero-order valence-corrected chi connectivity index (χ0v) is 25.9. The van der Waals surface area contributed by atoms with Gasteiger partial charge in [0.1, 0.15) is 19.0 Å². The number of ether oxygens (including phenoxy) is 3. The number of hydrogen-bond donors (Lipinski definition) is 1. The van der Waals surface area contributed by atoms with Crippen LogP contribution in [0.5, 0.6) is 0 Å². The average molecular weight is 577 g/mol. The van der Waals surface area contributed by atoms with Gasteiger partial charge in [0.05, 0.1) is 18.4 Å². The molecule has 216 valence electrons. The number of aromatic nitrogens is 3. The minimum atomic E-state index is -4.68. The normalized spacial score (nSPS) is 13.3. The van der Waals surface area contributed by atoms with Gasteiger partial charge in [-0.15, -0.1) is 0 Å². The van der Waals surface area contributed by atoms with Crippen LogP contribution in [0.3, 0.4) is 0 Å². The molecule has 38 heavy (non-hydrogen) atoms. The first-order valence-corrected chi connectivity index (χ1v) is 20.2. The van der Waals surface area contributed by atoms with E-state index in [0.717, 1.165) is 12.1 Å². The summed E-state index contributed by atoms with van der Waals surface area (Å²) in [6, 6.07) is 1.98. The fourth-order valence-electron chi connectivity index (χ4n) is 3.27. The Morgan fingerprint density at radius 2 is 1.61 bits per heavy atom. The largest absolute Gasteiger partial charge is 0.434 e. The van der Waals surface area contributed by atoms with Crippen LogP contribution in [0.2, 0.25) is 51.4 Å². The number of halogens is 3. The second-order valence-electron chi connectivity index (χ2n) is 12.8. The third-order valence-electron chi connectivity index (χ3n) is 5.71. The van der Waals surface area contributed by atoms with Gasteiger partial charge < -0.3 is 24.1 Å². The lowest BCUT2D eigenvalue weighted by molar-refractivity contribution is -0.141. The summed E-state index contributed by atoms with van der Waals surface area (Å²) in [5, 5.41) is 2.81. The molecule has 1 amide bonds. The molecule has 0 aliphatic heterocycles. The molecule has 0 saturated heterocycles. The molecule has 0 atom stereocenters. The highest BCUT2D eigenvalue weighted by Gasteiger charge is 2.34. The second kappa shape index (κ2) is 13.0. The van der Waals surface area contributed by atoms with Gasteiger partial charge >= 0.3 is 6.18 Å². The van der Waals surface area contributed by atoms with Crippen LogP contribution < -0.4 is 5.32 Å². The molecular formula is C25H43F3N4O4Si2. The highest BCUT2D eigenvalue weighted by atomic mass is 28.3. The first-order chi connectivity index (χ1) is 17.4. The highest BCUT2D eigenvalue weighted by molar-refractivity contribution is 6.76. The first kappa shape index (κ1) is 32.4. The van der Waals surface area contributed by atoms with Crippen LogP contribution in [0.4, 0.5) is 13.2 Å². The molecule has 0 aliphatic carbocycles. The molecule has 2 aromatic rings. The topological polar surface area (TPSA) is 87.5 Å². The van der Waals surface area contributed by atoms with Crippen LogP contribution in [0, 0.1) is 5.41 Å². The number of nitrogens with one attached hydrogen (secondary N) is 1. The lowest BCUT2D eigenvalue weighted by Gasteiger charge is -2.25. The lowest BCUT2D eigenvalue weighted by atomic mass is 9.95. The third-order valence-corrected chi connectivity index (χ3v) is 9.12. The molecule has 0 aliphatic rings. The van der Waals surface area contributed by atoms with E-state index in [9.17, 15) is 18.0 Å². The van der Waals surface area contributed by atoms with Gasteiger partial charge in [-0.1, -0.05) is 53.1 Å². The molecule has 0 radical (unpaired) electrons. The van der Waals surface area contributed by atoms with Crippen molar-refractivity contribution in [3.05, 3.63) is 23.7 Å². The smallest absolute Gasteiger partial charge is 0.361 e. The van der Waals surface area contributed by atoms with Crippen molar-refractivity contribution in [3.8, 4) is 0 Å². The number of nitrogens with zero attached hydrogens (tertiary/aromatic N) is 3. The minimum absolute atomic E-state index is 0.0128. The number of hydrogen-bond acceptors (Lipinski definition) is 6. The van der Waals surface area contributed by atoms with Crippen molar-refractivity contribution in [2.45, 2.75) is 78.1 Å². The van der Waals surface area contributed by atoms with Gasteiger partial charge in [0.15, 0.2) is 11.3 Å². The summed E-state index contributed by atoms with van der Waals surface area (Å²) in [6.45, 7) is 19.3. The fraction of sp³-hybridized carbons (Fsp3) is 0.720. The number of carbonyl (C=O) groups excluding carboxylic acids is 1. The summed E-state index contributed by atoms with van der Waals surface area (Å²) in [7, 11) is -2.48. The van der Waals surface area contributed by atoms with Crippen LogP contribution in [0.15, 0.2) is 12.4 Å². The quantitative estimate of drug-likeness (QED) is 0.163. The van der Waals surface area contributed by atoms with Crippen molar-refractivity contribution in [2.24, 2.45) is 5.41 Å². The monoisotopic (exact) mass is 576 g/mol. The Morgan fingerprint density at radius 1 is 1.00 bits per heavy atom. The zero-order valence-electron chi connectivity index (χ0n) is 23.9. The van der Waals surface area contributed by atoms with Gasteiger partial charge in [0.25, 0.3) is 5.91 Å². The maximum Gasteiger partial charge on any atom is 0.434 e. The van der Waals surface area contributed by atoms with E-state index in [-0.39, 0.29) is 36.8 Å². The van der Waals surface area contributed by atoms with Gasteiger partial charge in [-0.2, -0.15) is 13.2 Å².